The molecule has 1 aromatic rings. The van der Waals surface area contributed by atoms with Gasteiger partial charge in [0.1, 0.15) is 0 Å². The van der Waals surface area contributed by atoms with Crippen molar-refractivity contribution in [2.45, 2.75) is 12.5 Å². The summed E-state index contributed by atoms with van der Waals surface area (Å²) in [5.41, 5.74) is 0.540. The van der Waals surface area contributed by atoms with Gasteiger partial charge in [0.2, 0.25) is 0 Å². The molecule has 2 amide bonds. The third-order valence-electron chi connectivity index (χ3n) is 2.32. The SMILES string of the molecule is O=C(Nc1cn[nH]c1)N[C@H]1CCS(=O)(=O)C1. The van der Waals surface area contributed by atoms with Gasteiger partial charge >= 0.3 is 6.03 Å². The minimum absolute atomic E-state index is 0.0196. The van der Waals surface area contributed by atoms with Crippen molar-refractivity contribution in [1.29, 1.82) is 0 Å². The molecule has 7 nitrogen and oxygen atoms in total. The van der Waals surface area contributed by atoms with E-state index in [1.165, 1.54) is 12.4 Å². The summed E-state index contributed by atoms with van der Waals surface area (Å²) in [6.07, 6.45) is 3.47. The van der Waals surface area contributed by atoms with Gasteiger partial charge in [0.15, 0.2) is 9.84 Å². The van der Waals surface area contributed by atoms with Gasteiger partial charge in [-0.3, -0.25) is 5.10 Å². The highest BCUT2D eigenvalue weighted by atomic mass is 32.2. The van der Waals surface area contributed by atoms with Gasteiger partial charge in [0, 0.05) is 12.2 Å². The fourth-order valence-electron chi connectivity index (χ4n) is 1.58. The maximum Gasteiger partial charge on any atom is 0.319 e. The van der Waals surface area contributed by atoms with Crippen LogP contribution in [0.2, 0.25) is 0 Å². The lowest BCUT2D eigenvalue weighted by Gasteiger charge is -2.10. The Morgan fingerprint density at radius 2 is 2.38 bits per heavy atom. The van der Waals surface area contributed by atoms with Crippen LogP contribution in [0.5, 0.6) is 0 Å². The van der Waals surface area contributed by atoms with E-state index in [0.29, 0.717) is 12.1 Å². The molecule has 0 radical (unpaired) electrons. The first kappa shape index (κ1) is 10.9. The molecule has 1 saturated heterocycles. The highest BCUT2D eigenvalue weighted by Gasteiger charge is 2.28. The average molecular weight is 244 g/mol. The van der Waals surface area contributed by atoms with Crippen molar-refractivity contribution in [1.82, 2.24) is 15.5 Å². The van der Waals surface area contributed by atoms with Crippen LogP contribution in [0.1, 0.15) is 6.42 Å². The van der Waals surface area contributed by atoms with Gasteiger partial charge < -0.3 is 10.6 Å². The van der Waals surface area contributed by atoms with Crippen molar-refractivity contribution in [2.75, 3.05) is 16.8 Å². The van der Waals surface area contributed by atoms with Crippen molar-refractivity contribution >= 4 is 21.6 Å². The maximum absolute atomic E-state index is 11.4. The van der Waals surface area contributed by atoms with E-state index in [1.807, 2.05) is 0 Å². The molecular weight excluding hydrogens is 232 g/mol. The maximum atomic E-state index is 11.4. The third-order valence-corrected chi connectivity index (χ3v) is 4.09. The van der Waals surface area contributed by atoms with Crippen LogP contribution in [0.4, 0.5) is 10.5 Å². The van der Waals surface area contributed by atoms with E-state index in [-0.39, 0.29) is 17.5 Å². The molecule has 1 aliphatic rings. The minimum Gasteiger partial charge on any atom is -0.334 e. The first-order chi connectivity index (χ1) is 7.55. The normalized spacial score (nSPS) is 22.9. The van der Waals surface area contributed by atoms with Crippen LogP contribution in [-0.2, 0) is 9.84 Å². The molecule has 2 rings (SSSR count). The van der Waals surface area contributed by atoms with Crippen LogP contribution in [0.25, 0.3) is 0 Å². The summed E-state index contributed by atoms with van der Waals surface area (Å²) < 4.78 is 22.3. The van der Waals surface area contributed by atoms with E-state index in [4.69, 9.17) is 0 Å². The lowest BCUT2D eigenvalue weighted by Crippen LogP contribution is -2.38. The zero-order chi connectivity index (χ0) is 11.6. The topological polar surface area (TPSA) is 104 Å². The number of nitrogens with one attached hydrogen (secondary N) is 3. The van der Waals surface area contributed by atoms with Crippen LogP contribution < -0.4 is 10.6 Å². The number of amides is 2. The van der Waals surface area contributed by atoms with Crippen LogP contribution in [-0.4, -0.2) is 42.2 Å². The number of carbonyl (C=O) groups is 1. The van der Waals surface area contributed by atoms with Gasteiger partial charge in [-0.25, -0.2) is 13.2 Å². The quantitative estimate of drug-likeness (QED) is 0.665. The average Bonchev–Trinajstić information content (AvgIpc) is 2.76. The van der Waals surface area contributed by atoms with Crippen LogP contribution >= 0.6 is 0 Å². The van der Waals surface area contributed by atoms with Gasteiger partial charge in [0.05, 0.1) is 23.4 Å². The third kappa shape index (κ3) is 2.72. The van der Waals surface area contributed by atoms with E-state index >= 15 is 0 Å². The number of sulfone groups is 1. The van der Waals surface area contributed by atoms with Crippen LogP contribution in [0.15, 0.2) is 12.4 Å². The number of anilines is 1. The Bertz CT molecular complexity index is 467. The number of hydrogen-bond acceptors (Lipinski definition) is 4. The molecule has 0 unspecified atom stereocenters. The first-order valence-corrected chi connectivity index (χ1v) is 6.64. The predicted octanol–water partition coefficient (Wildman–Crippen LogP) is -0.282. The number of carbonyl (C=O) groups excluding carboxylic acids is 1. The summed E-state index contributed by atoms with van der Waals surface area (Å²) in [5.74, 6) is 0.162. The second-order valence-electron chi connectivity index (χ2n) is 3.69. The highest BCUT2D eigenvalue weighted by molar-refractivity contribution is 7.91. The molecule has 88 valence electrons. The Hall–Kier alpha value is -1.57. The van der Waals surface area contributed by atoms with Gasteiger partial charge in [0.25, 0.3) is 0 Å². The molecule has 1 aliphatic heterocycles. The van der Waals surface area contributed by atoms with Gasteiger partial charge in [-0.1, -0.05) is 0 Å². The van der Waals surface area contributed by atoms with E-state index in [1.54, 1.807) is 0 Å². The summed E-state index contributed by atoms with van der Waals surface area (Å²) in [6, 6.07) is -0.708. The predicted molar refractivity (Wildman–Crippen MR) is 57.8 cm³/mol. The summed E-state index contributed by atoms with van der Waals surface area (Å²) >= 11 is 0. The fraction of sp³-hybridized carbons (Fsp3) is 0.500. The van der Waals surface area contributed by atoms with Crippen LogP contribution in [0.3, 0.4) is 0 Å². The van der Waals surface area contributed by atoms with E-state index in [0.717, 1.165) is 0 Å². The lowest BCUT2D eigenvalue weighted by atomic mass is 10.3. The number of urea groups is 1. The number of hydrogen-bond donors (Lipinski definition) is 3. The van der Waals surface area contributed by atoms with Crippen molar-refractivity contribution in [3.8, 4) is 0 Å². The molecule has 0 aliphatic carbocycles. The Morgan fingerprint density at radius 1 is 1.56 bits per heavy atom. The number of H-pyrrole nitrogens is 1. The highest BCUT2D eigenvalue weighted by Crippen LogP contribution is 2.11. The molecule has 16 heavy (non-hydrogen) atoms. The Kier molecular flexibility index (Phi) is 2.82. The lowest BCUT2D eigenvalue weighted by molar-refractivity contribution is 0.249. The first-order valence-electron chi connectivity index (χ1n) is 4.82. The molecule has 0 aromatic carbocycles. The van der Waals surface area contributed by atoms with Gasteiger partial charge in [-0.15, -0.1) is 0 Å². The van der Waals surface area contributed by atoms with E-state index < -0.39 is 15.9 Å². The molecule has 0 bridgehead atoms. The smallest absolute Gasteiger partial charge is 0.319 e. The molecule has 1 aromatic heterocycles. The Morgan fingerprint density at radius 3 is 2.94 bits per heavy atom. The fourth-order valence-corrected chi connectivity index (χ4v) is 3.25. The molecule has 1 atom stereocenters. The molecular formula is C8H12N4O3S. The molecule has 3 N–H and O–H groups in total. The number of aromatic nitrogens is 2. The Balaban J connectivity index is 1.85. The van der Waals surface area contributed by atoms with Crippen LogP contribution in [0, 0.1) is 0 Å². The number of aromatic amines is 1. The summed E-state index contributed by atoms with van der Waals surface area (Å²) in [6.45, 7) is 0. The molecule has 8 heteroatoms. The molecule has 0 saturated carbocycles. The van der Waals surface area contributed by atoms with Crippen molar-refractivity contribution < 1.29 is 13.2 Å². The monoisotopic (exact) mass is 244 g/mol. The number of nitrogens with zero attached hydrogens (tertiary/aromatic N) is 1. The summed E-state index contributed by atoms with van der Waals surface area (Å²) in [4.78, 5) is 11.4. The van der Waals surface area contributed by atoms with Crippen molar-refractivity contribution in [2.24, 2.45) is 0 Å². The van der Waals surface area contributed by atoms with Crippen molar-refractivity contribution in [3.63, 3.8) is 0 Å². The van der Waals surface area contributed by atoms with Crippen molar-refractivity contribution in [3.05, 3.63) is 12.4 Å². The summed E-state index contributed by atoms with van der Waals surface area (Å²) in [5, 5.41) is 11.4. The Labute approximate surface area is 92.5 Å². The minimum atomic E-state index is -2.96. The van der Waals surface area contributed by atoms with E-state index in [9.17, 15) is 13.2 Å². The second-order valence-corrected chi connectivity index (χ2v) is 5.91. The molecule has 2 heterocycles. The zero-order valence-corrected chi connectivity index (χ0v) is 9.25. The zero-order valence-electron chi connectivity index (χ0n) is 8.43. The largest absolute Gasteiger partial charge is 0.334 e. The standard InChI is InChI=1S/C8H12N4O3S/c13-8(12-7-3-9-10-4-7)11-6-1-2-16(14,15)5-6/h3-4,6H,1-2,5H2,(H,9,10)(H2,11,12,13)/t6-/m0/s1. The number of rotatable bonds is 2. The van der Waals surface area contributed by atoms with E-state index in [2.05, 4.69) is 20.8 Å². The van der Waals surface area contributed by atoms with Gasteiger partial charge in [-0.05, 0) is 6.42 Å². The second kappa shape index (κ2) is 4.12. The molecule has 0 spiro atoms. The van der Waals surface area contributed by atoms with Gasteiger partial charge in [-0.2, -0.15) is 5.10 Å². The summed E-state index contributed by atoms with van der Waals surface area (Å²) in [7, 11) is -2.96. The molecule has 1 fully saturated rings.